The quantitative estimate of drug-likeness (QED) is 0.688. The number of methoxy groups -OCH3 is 1. The van der Waals surface area contributed by atoms with E-state index in [4.69, 9.17) is 4.74 Å². The monoisotopic (exact) mass is 354 g/mol. The smallest absolute Gasteiger partial charge is 0.234 e. The minimum Gasteiger partial charge on any atom is -0.495 e. The number of aromatic nitrogens is 3. The predicted molar refractivity (Wildman–Crippen MR) is 98.4 cm³/mol. The molecule has 3 rings (SSSR count). The van der Waals surface area contributed by atoms with Crippen molar-refractivity contribution in [1.82, 2.24) is 14.8 Å². The number of aryl methyl sites for hydroxylation is 1. The highest BCUT2D eigenvalue weighted by molar-refractivity contribution is 7.99. The molecule has 0 radical (unpaired) electrons. The van der Waals surface area contributed by atoms with Crippen molar-refractivity contribution in [2.45, 2.75) is 12.1 Å². The maximum Gasteiger partial charge on any atom is 0.234 e. The Kier molecular flexibility index (Phi) is 5.35. The molecule has 1 N–H and O–H groups in total. The molecule has 1 aromatic heterocycles. The molecule has 0 saturated heterocycles. The second-order valence-corrected chi connectivity index (χ2v) is 6.25. The minimum atomic E-state index is -0.131. The molecule has 25 heavy (non-hydrogen) atoms. The lowest BCUT2D eigenvalue weighted by Gasteiger charge is -2.10. The number of hydrogen-bond donors (Lipinski definition) is 1. The van der Waals surface area contributed by atoms with Gasteiger partial charge in [-0.1, -0.05) is 42.1 Å². The molecule has 0 fully saturated rings. The van der Waals surface area contributed by atoms with Gasteiger partial charge in [0.05, 0.1) is 24.2 Å². The second kappa shape index (κ2) is 7.85. The van der Waals surface area contributed by atoms with Crippen LogP contribution in [0.4, 0.5) is 5.69 Å². The molecular weight excluding hydrogens is 336 g/mol. The summed E-state index contributed by atoms with van der Waals surface area (Å²) in [5, 5.41) is 11.6. The van der Waals surface area contributed by atoms with Crippen molar-refractivity contribution in [1.29, 1.82) is 0 Å². The van der Waals surface area contributed by atoms with E-state index in [1.807, 2.05) is 47.9 Å². The van der Waals surface area contributed by atoms with Crippen LogP contribution in [0.2, 0.25) is 0 Å². The zero-order valence-corrected chi connectivity index (χ0v) is 14.8. The van der Waals surface area contributed by atoms with E-state index in [1.54, 1.807) is 25.6 Å². The topological polar surface area (TPSA) is 69.0 Å². The third-order valence-electron chi connectivity index (χ3n) is 3.60. The molecule has 0 atom stereocenters. The average Bonchev–Trinajstić information content (AvgIpc) is 3.09. The molecule has 0 spiro atoms. The van der Waals surface area contributed by atoms with Crippen LogP contribution in [-0.4, -0.2) is 33.5 Å². The van der Waals surface area contributed by atoms with Crippen LogP contribution >= 0.6 is 11.8 Å². The molecule has 0 aliphatic heterocycles. The first-order chi connectivity index (χ1) is 12.2. The van der Waals surface area contributed by atoms with Crippen LogP contribution in [0, 0.1) is 6.92 Å². The van der Waals surface area contributed by atoms with E-state index in [0.29, 0.717) is 16.6 Å². The number of nitrogens with one attached hydrogen (secondary N) is 1. The summed E-state index contributed by atoms with van der Waals surface area (Å²) < 4.78 is 7.12. The van der Waals surface area contributed by atoms with Gasteiger partial charge in [-0.3, -0.25) is 9.36 Å². The van der Waals surface area contributed by atoms with Gasteiger partial charge in [-0.2, -0.15) is 0 Å². The van der Waals surface area contributed by atoms with Gasteiger partial charge >= 0.3 is 0 Å². The maximum atomic E-state index is 12.2. The van der Waals surface area contributed by atoms with E-state index in [1.165, 1.54) is 11.8 Å². The molecular formula is C18H18N4O2S. The zero-order chi connectivity index (χ0) is 17.6. The number of amides is 1. The van der Waals surface area contributed by atoms with E-state index in [2.05, 4.69) is 15.5 Å². The number of carbonyl (C=O) groups is 1. The van der Waals surface area contributed by atoms with E-state index < -0.39 is 0 Å². The van der Waals surface area contributed by atoms with Gasteiger partial charge in [-0.15, -0.1) is 10.2 Å². The predicted octanol–water partition coefficient (Wildman–Crippen LogP) is 3.32. The molecule has 6 nitrogen and oxygen atoms in total. The van der Waals surface area contributed by atoms with Crippen molar-refractivity contribution < 1.29 is 9.53 Å². The fraction of sp³-hybridized carbons (Fsp3) is 0.167. The third-order valence-corrected chi connectivity index (χ3v) is 4.55. The van der Waals surface area contributed by atoms with E-state index in [0.717, 1.165) is 11.3 Å². The van der Waals surface area contributed by atoms with Gasteiger partial charge in [0.2, 0.25) is 5.91 Å². The number of benzene rings is 2. The average molecular weight is 354 g/mol. The molecule has 0 unspecified atom stereocenters. The number of para-hydroxylation sites is 3. The summed E-state index contributed by atoms with van der Waals surface area (Å²) in [4.78, 5) is 12.2. The van der Waals surface area contributed by atoms with E-state index in [9.17, 15) is 4.79 Å². The largest absolute Gasteiger partial charge is 0.495 e. The Bertz CT molecular complexity index is 879. The van der Waals surface area contributed by atoms with Crippen LogP contribution in [0.5, 0.6) is 5.75 Å². The SMILES string of the molecule is COc1ccccc1NC(=O)CSc1nncn1-c1ccccc1C. The van der Waals surface area contributed by atoms with E-state index >= 15 is 0 Å². The van der Waals surface area contributed by atoms with Gasteiger partial charge in [-0.25, -0.2) is 0 Å². The van der Waals surface area contributed by atoms with Crippen molar-refractivity contribution in [3.63, 3.8) is 0 Å². The molecule has 0 bridgehead atoms. The third kappa shape index (κ3) is 4.00. The van der Waals surface area contributed by atoms with Gasteiger partial charge in [0.1, 0.15) is 12.1 Å². The van der Waals surface area contributed by atoms with Crippen molar-refractivity contribution in [3.05, 3.63) is 60.4 Å². The molecule has 1 heterocycles. The molecule has 3 aromatic rings. The number of rotatable bonds is 6. The Balaban J connectivity index is 1.68. The number of nitrogens with zero attached hydrogens (tertiary/aromatic N) is 3. The Morgan fingerprint density at radius 2 is 1.96 bits per heavy atom. The number of ether oxygens (including phenoxy) is 1. The fourth-order valence-electron chi connectivity index (χ4n) is 2.39. The second-order valence-electron chi connectivity index (χ2n) is 5.31. The molecule has 7 heteroatoms. The van der Waals surface area contributed by atoms with Gasteiger partial charge in [0.25, 0.3) is 0 Å². The summed E-state index contributed by atoms with van der Waals surface area (Å²) in [5.41, 5.74) is 2.76. The van der Waals surface area contributed by atoms with Crippen molar-refractivity contribution in [2.24, 2.45) is 0 Å². The van der Waals surface area contributed by atoms with Crippen molar-refractivity contribution in [2.75, 3.05) is 18.2 Å². The van der Waals surface area contributed by atoms with Crippen LogP contribution < -0.4 is 10.1 Å². The lowest BCUT2D eigenvalue weighted by Crippen LogP contribution is -2.15. The fourth-order valence-corrected chi connectivity index (χ4v) is 3.11. The van der Waals surface area contributed by atoms with Crippen LogP contribution in [0.3, 0.4) is 0 Å². The van der Waals surface area contributed by atoms with E-state index in [-0.39, 0.29) is 11.7 Å². The Morgan fingerprint density at radius 1 is 1.20 bits per heavy atom. The summed E-state index contributed by atoms with van der Waals surface area (Å²) in [5.74, 6) is 0.723. The number of anilines is 1. The Hall–Kier alpha value is -2.80. The normalized spacial score (nSPS) is 10.5. The first-order valence-electron chi connectivity index (χ1n) is 7.70. The Morgan fingerprint density at radius 3 is 2.76 bits per heavy atom. The standard InChI is InChI=1S/C18H18N4O2S/c1-13-7-3-5-9-15(13)22-12-19-21-18(22)25-11-17(23)20-14-8-4-6-10-16(14)24-2/h3-10,12H,11H2,1-2H3,(H,20,23). The van der Waals surface area contributed by atoms with Crippen molar-refractivity contribution >= 4 is 23.4 Å². The van der Waals surface area contributed by atoms with Gasteiger partial charge in [-0.05, 0) is 30.7 Å². The molecule has 0 saturated carbocycles. The number of carbonyl (C=O) groups excluding carboxylic acids is 1. The van der Waals surface area contributed by atoms with Gasteiger partial charge in [0, 0.05) is 0 Å². The van der Waals surface area contributed by atoms with Crippen LogP contribution in [0.1, 0.15) is 5.56 Å². The lowest BCUT2D eigenvalue weighted by atomic mass is 10.2. The van der Waals surface area contributed by atoms with Crippen LogP contribution in [0.25, 0.3) is 5.69 Å². The van der Waals surface area contributed by atoms with Gasteiger partial charge < -0.3 is 10.1 Å². The summed E-state index contributed by atoms with van der Waals surface area (Å²) >= 11 is 1.33. The van der Waals surface area contributed by atoms with Crippen molar-refractivity contribution in [3.8, 4) is 11.4 Å². The number of thioether (sulfide) groups is 1. The molecule has 2 aromatic carbocycles. The number of hydrogen-bond acceptors (Lipinski definition) is 5. The molecule has 128 valence electrons. The highest BCUT2D eigenvalue weighted by atomic mass is 32.2. The summed E-state index contributed by atoms with van der Waals surface area (Å²) in [6.07, 6.45) is 1.66. The van der Waals surface area contributed by atoms with Crippen LogP contribution in [0.15, 0.2) is 60.0 Å². The molecule has 0 aliphatic carbocycles. The molecule has 1 amide bonds. The first-order valence-corrected chi connectivity index (χ1v) is 8.69. The van der Waals surface area contributed by atoms with Crippen LogP contribution in [-0.2, 0) is 4.79 Å². The highest BCUT2D eigenvalue weighted by Gasteiger charge is 2.12. The summed E-state index contributed by atoms with van der Waals surface area (Å²) in [7, 11) is 1.57. The summed E-state index contributed by atoms with van der Waals surface area (Å²) in [6, 6.07) is 15.3. The zero-order valence-electron chi connectivity index (χ0n) is 14.0. The Labute approximate surface area is 150 Å². The highest BCUT2D eigenvalue weighted by Crippen LogP contribution is 2.25. The maximum absolute atomic E-state index is 12.2. The minimum absolute atomic E-state index is 0.131. The first kappa shape index (κ1) is 17.0. The molecule has 0 aliphatic rings. The van der Waals surface area contributed by atoms with Gasteiger partial charge in [0.15, 0.2) is 5.16 Å². The summed E-state index contributed by atoms with van der Waals surface area (Å²) in [6.45, 7) is 2.03. The lowest BCUT2D eigenvalue weighted by molar-refractivity contribution is -0.113.